The molecule has 0 radical (unpaired) electrons. The van der Waals surface area contributed by atoms with Crippen LogP contribution in [0.2, 0.25) is 0 Å². The number of hydrogen-bond acceptors (Lipinski definition) is 3. The highest BCUT2D eigenvalue weighted by Gasteiger charge is 2.19. The average molecular weight is 234 g/mol. The third-order valence-electron chi connectivity index (χ3n) is 2.45. The van der Waals surface area contributed by atoms with Crippen LogP contribution in [0.15, 0.2) is 36.0 Å². The van der Waals surface area contributed by atoms with Crippen molar-refractivity contribution < 1.29 is 14.3 Å². The quantitative estimate of drug-likeness (QED) is 0.294. The SMILES string of the molecule is CC1C=C(/C=C/CCCC/C=C/C=O)C(=O)O1. The predicted octanol–water partition coefficient (Wildman–Crippen LogP) is 2.73. The minimum absolute atomic E-state index is 0.101. The molecule has 3 heteroatoms. The Kier molecular flexibility index (Phi) is 6.00. The van der Waals surface area contributed by atoms with Crippen LogP contribution in [0.5, 0.6) is 0 Å². The number of unbranched alkanes of at least 4 members (excludes halogenated alkanes) is 3. The van der Waals surface area contributed by atoms with Crippen LogP contribution < -0.4 is 0 Å². The molecule has 0 amide bonds. The van der Waals surface area contributed by atoms with E-state index in [1.807, 2.05) is 31.2 Å². The van der Waals surface area contributed by atoms with Gasteiger partial charge in [-0.15, -0.1) is 0 Å². The Labute approximate surface area is 102 Å². The Morgan fingerprint density at radius 1 is 1.29 bits per heavy atom. The maximum Gasteiger partial charge on any atom is 0.338 e. The number of carbonyl (C=O) groups excluding carboxylic acids is 2. The molecule has 3 nitrogen and oxygen atoms in total. The van der Waals surface area contributed by atoms with Crippen LogP contribution in [0.3, 0.4) is 0 Å². The minimum atomic E-state index is -0.234. The molecule has 1 atom stereocenters. The molecular weight excluding hydrogens is 216 g/mol. The van der Waals surface area contributed by atoms with Crippen LogP contribution in [-0.4, -0.2) is 18.4 Å². The van der Waals surface area contributed by atoms with E-state index in [-0.39, 0.29) is 12.1 Å². The number of rotatable bonds is 7. The van der Waals surface area contributed by atoms with Crippen LogP contribution >= 0.6 is 0 Å². The molecule has 0 fully saturated rings. The molecule has 1 aliphatic rings. The van der Waals surface area contributed by atoms with Gasteiger partial charge in [-0.05, 0) is 44.8 Å². The van der Waals surface area contributed by atoms with Crippen molar-refractivity contribution in [3.63, 3.8) is 0 Å². The molecule has 1 unspecified atom stereocenters. The van der Waals surface area contributed by atoms with Crippen LogP contribution in [-0.2, 0) is 14.3 Å². The summed E-state index contributed by atoms with van der Waals surface area (Å²) in [5, 5.41) is 0. The first-order valence-corrected chi connectivity index (χ1v) is 5.93. The van der Waals surface area contributed by atoms with Gasteiger partial charge in [0.05, 0.1) is 5.57 Å². The van der Waals surface area contributed by atoms with E-state index in [0.29, 0.717) is 5.57 Å². The number of allylic oxidation sites excluding steroid dienone is 3. The van der Waals surface area contributed by atoms with Gasteiger partial charge in [0.15, 0.2) is 0 Å². The summed E-state index contributed by atoms with van der Waals surface area (Å²) in [6.45, 7) is 1.85. The van der Waals surface area contributed by atoms with Crippen molar-refractivity contribution in [2.45, 2.75) is 38.7 Å². The predicted molar refractivity (Wildman–Crippen MR) is 66.4 cm³/mol. The fourth-order valence-corrected chi connectivity index (χ4v) is 1.60. The first-order valence-electron chi connectivity index (χ1n) is 5.93. The van der Waals surface area contributed by atoms with Gasteiger partial charge in [0, 0.05) is 0 Å². The van der Waals surface area contributed by atoms with E-state index in [0.717, 1.165) is 32.0 Å². The van der Waals surface area contributed by atoms with E-state index in [4.69, 9.17) is 4.74 Å². The Morgan fingerprint density at radius 2 is 2.00 bits per heavy atom. The van der Waals surface area contributed by atoms with Crippen molar-refractivity contribution in [3.05, 3.63) is 36.0 Å². The van der Waals surface area contributed by atoms with Crippen molar-refractivity contribution in [1.82, 2.24) is 0 Å². The molecule has 0 spiro atoms. The van der Waals surface area contributed by atoms with Gasteiger partial charge in [-0.25, -0.2) is 4.79 Å². The summed E-state index contributed by atoms with van der Waals surface area (Å²) < 4.78 is 4.97. The topological polar surface area (TPSA) is 43.4 Å². The molecule has 0 aliphatic carbocycles. The summed E-state index contributed by atoms with van der Waals surface area (Å²) in [4.78, 5) is 21.2. The fraction of sp³-hybridized carbons (Fsp3) is 0.429. The molecule has 0 saturated heterocycles. The van der Waals surface area contributed by atoms with Crippen LogP contribution in [0.4, 0.5) is 0 Å². The lowest BCUT2D eigenvalue weighted by Crippen LogP contribution is -2.02. The molecule has 1 heterocycles. The fourth-order valence-electron chi connectivity index (χ4n) is 1.60. The minimum Gasteiger partial charge on any atom is -0.455 e. The molecule has 0 N–H and O–H groups in total. The highest BCUT2D eigenvalue weighted by atomic mass is 16.5. The molecule has 17 heavy (non-hydrogen) atoms. The third kappa shape index (κ3) is 5.29. The largest absolute Gasteiger partial charge is 0.455 e. The van der Waals surface area contributed by atoms with Crippen molar-refractivity contribution >= 4 is 12.3 Å². The van der Waals surface area contributed by atoms with Crippen LogP contribution in [0.25, 0.3) is 0 Å². The highest BCUT2D eigenvalue weighted by molar-refractivity contribution is 5.93. The van der Waals surface area contributed by atoms with E-state index in [1.165, 1.54) is 6.08 Å². The van der Waals surface area contributed by atoms with Gasteiger partial charge in [0.25, 0.3) is 0 Å². The van der Waals surface area contributed by atoms with Gasteiger partial charge < -0.3 is 4.74 Å². The lowest BCUT2D eigenvalue weighted by Gasteiger charge is -1.96. The van der Waals surface area contributed by atoms with Gasteiger partial charge in [-0.2, -0.15) is 0 Å². The zero-order valence-corrected chi connectivity index (χ0v) is 10.1. The van der Waals surface area contributed by atoms with Crippen molar-refractivity contribution in [2.75, 3.05) is 0 Å². The second-order valence-corrected chi connectivity index (χ2v) is 3.98. The van der Waals surface area contributed by atoms with E-state index in [9.17, 15) is 9.59 Å². The van der Waals surface area contributed by atoms with Gasteiger partial charge in [-0.1, -0.05) is 18.2 Å². The number of cyclic esters (lactones) is 1. The Balaban J connectivity index is 2.14. The summed E-state index contributed by atoms with van der Waals surface area (Å²) in [5.74, 6) is -0.234. The zero-order chi connectivity index (χ0) is 12.5. The van der Waals surface area contributed by atoms with Crippen molar-refractivity contribution in [1.29, 1.82) is 0 Å². The van der Waals surface area contributed by atoms with E-state index in [1.54, 1.807) is 0 Å². The monoisotopic (exact) mass is 234 g/mol. The van der Waals surface area contributed by atoms with Gasteiger partial charge in [0.1, 0.15) is 12.4 Å². The molecule has 0 aromatic heterocycles. The molecule has 0 saturated carbocycles. The van der Waals surface area contributed by atoms with Crippen molar-refractivity contribution in [3.8, 4) is 0 Å². The van der Waals surface area contributed by atoms with Gasteiger partial charge in [-0.3, -0.25) is 4.79 Å². The molecule has 0 aromatic rings. The molecule has 92 valence electrons. The molecule has 1 aliphatic heterocycles. The number of esters is 1. The van der Waals surface area contributed by atoms with Crippen LogP contribution in [0.1, 0.15) is 32.6 Å². The number of aldehydes is 1. The number of carbonyl (C=O) groups is 2. The summed E-state index contributed by atoms with van der Waals surface area (Å²) >= 11 is 0. The summed E-state index contributed by atoms with van der Waals surface area (Å²) in [5.41, 5.74) is 0.651. The van der Waals surface area contributed by atoms with E-state index < -0.39 is 0 Å². The molecular formula is C14H18O3. The Morgan fingerprint density at radius 3 is 2.59 bits per heavy atom. The standard InChI is InChI=1S/C14H18O3/c1-12-11-13(14(16)17-12)9-7-5-3-2-4-6-8-10-15/h6-12H,2-5H2,1H3/b8-6+,9-7+. The summed E-state index contributed by atoms with van der Waals surface area (Å²) in [6.07, 6.45) is 13.7. The Bertz CT molecular complexity index is 350. The first-order chi connectivity index (χ1) is 8.24. The van der Waals surface area contributed by atoms with E-state index >= 15 is 0 Å². The van der Waals surface area contributed by atoms with Gasteiger partial charge in [0.2, 0.25) is 0 Å². The maximum atomic E-state index is 11.2. The van der Waals surface area contributed by atoms with E-state index in [2.05, 4.69) is 0 Å². The van der Waals surface area contributed by atoms with Crippen LogP contribution in [0, 0.1) is 0 Å². The zero-order valence-electron chi connectivity index (χ0n) is 10.1. The van der Waals surface area contributed by atoms with Crippen molar-refractivity contribution in [2.24, 2.45) is 0 Å². The molecule has 0 bridgehead atoms. The second kappa shape index (κ2) is 7.60. The lowest BCUT2D eigenvalue weighted by atomic mass is 10.1. The normalized spacial score (nSPS) is 19.9. The number of hydrogen-bond donors (Lipinski definition) is 0. The molecule has 0 aromatic carbocycles. The lowest BCUT2D eigenvalue weighted by molar-refractivity contribution is -0.138. The summed E-state index contributed by atoms with van der Waals surface area (Å²) in [7, 11) is 0. The smallest absolute Gasteiger partial charge is 0.338 e. The first kappa shape index (κ1) is 13.4. The second-order valence-electron chi connectivity index (χ2n) is 3.98. The number of ether oxygens (including phenoxy) is 1. The van der Waals surface area contributed by atoms with Gasteiger partial charge >= 0.3 is 5.97 Å². The molecule has 1 rings (SSSR count). The average Bonchev–Trinajstić information content (AvgIpc) is 2.61. The Hall–Kier alpha value is -1.64. The summed E-state index contributed by atoms with van der Waals surface area (Å²) in [6, 6.07) is 0. The third-order valence-corrected chi connectivity index (χ3v) is 2.45. The maximum absolute atomic E-state index is 11.2. The highest BCUT2D eigenvalue weighted by Crippen LogP contribution is 2.14.